The second-order valence-corrected chi connectivity index (χ2v) is 4.45. The van der Waals surface area contributed by atoms with Crippen molar-refractivity contribution in [3.8, 4) is 0 Å². The monoisotopic (exact) mass is 220 g/mol. The first-order valence-corrected chi connectivity index (χ1v) is 5.66. The van der Waals surface area contributed by atoms with Crippen LogP contribution in [0.2, 0.25) is 0 Å². The predicted molar refractivity (Wildman–Crippen MR) is 65.7 cm³/mol. The molecule has 0 saturated heterocycles. The van der Waals surface area contributed by atoms with Gasteiger partial charge in [0.1, 0.15) is 0 Å². The van der Waals surface area contributed by atoms with Crippen LogP contribution in [0.3, 0.4) is 0 Å². The van der Waals surface area contributed by atoms with E-state index >= 15 is 0 Å². The Hall–Kier alpha value is -1.35. The van der Waals surface area contributed by atoms with Crippen molar-refractivity contribution in [1.82, 2.24) is 5.32 Å². The van der Waals surface area contributed by atoms with E-state index in [9.17, 15) is 4.79 Å². The molecular weight excluding hydrogens is 200 g/mol. The summed E-state index contributed by atoms with van der Waals surface area (Å²) in [6.07, 6.45) is 0.780. The first-order valence-electron chi connectivity index (χ1n) is 5.66. The summed E-state index contributed by atoms with van der Waals surface area (Å²) in [7, 11) is 0. The Morgan fingerprint density at radius 2 is 1.94 bits per heavy atom. The lowest BCUT2D eigenvalue weighted by atomic mass is 10.0. The Balaban J connectivity index is 2.47. The zero-order chi connectivity index (χ0) is 12.0. The van der Waals surface area contributed by atoms with Crippen molar-refractivity contribution in [3.05, 3.63) is 35.9 Å². The molecule has 88 valence electrons. The molecule has 0 aliphatic heterocycles. The van der Waals surface area contributed by atoms with E-state index in [0.29, 0.717) is 12.5 Å². The highest BCUT2D eigenvalue weighted by Gasteiger charge is 2.15. The molecule has 1 amide bonds. The van der Waals surface area contributed by atoms with Gasteiger partial charge in [-0.05, 0) is 17.9 Å². The maximum atomic E-state index is 11.2. The van der Waals surface area contributed by atoms with Gasteiger partial charge in [0.15, 0.2) is 0 Å². The summed E-state index contributed by atoms with van der Waals surface area (Å²) in [5, 5.41) is 3.19. The average Bonchev–Trinajstić information content (AvgIpc) is 2.25. The number of hydrogen-bond donors (Lipinski definition) is 2. The van der Waals surface area contributed by atoms with E-state index in [4.69, 9.17) is 5.73 Å². The molecule has 3 heteroatoms. The van der Waals surface area contributed by atoms with Gasteiger partial charge in [0.25, 0.3) is 0 Å². The summed E-state index contributed by atoms with van der Waals surface area (Å²) >= 11 is 0. The number of amides is 1. The molecule has 3 nitrogen and oxygen atoms in total. The Labute approximate surface area is 97.0 Å². The van der Waals surface area contributed by atoms with Crippen LogP contribution in [-0.4, -0.2) is 11.9 Å². The number of benzene rings is 1. The molecule has 0 saturated carbocycles. The molecule has 0 heterocycles. The van der Waals surface area contributed by atoms with Crippen molar-refractivity contribution >= 4 is 5.91 Å². The van der Waals surface area contributed by atoms with Crippen LogP contribution in [0.25, 0.3) is 0 Å². The highest BCUT2D eigenvalue weighted by Crippen LogP contribution is 2.06. The van der Waals surface area contributed by atoms with E-state index in [2.05, 4.69) is 19.2 Å². The minimum atomic E-state index is -0.273. The zero-order valence-corrected chi connectivity index (χ0v) is 9.94. The van der Waals surface area contributed by atoms with Crippen molar-refractivity contribution in [2.45, 2.75) is 32.9 Å². The maximum absolute atomic E-state index is 11.2. The fraction of sp³-hybridized carbons (Fsp3) is 0.462. The number of nitrogens with two attached hydrogens (primary N) is 1. The van der Waals surface area contributed by atoms with E-state index in [0.717, 1.165) is 12.0 Å². The molecule has 0 radical (unpaired) electrons. The van der Waals surface area contributed by atoms with Gasteiger partial charge in [-0.2, -0.15) is 0 Å². The van der Waals surface area contributed by atoms with E-state index < -0.39 is 0 Å². The van der Waals surface area contributed by atoms with Gasteiger partial charge in [-0.15, -0.1) is 0 Å². The Bertz CT molecular complexity index is 322. The second kappa shape index (κ2) is 6.28. The second-order valence-electron chi connectivity index (χ2n) is 4.45. The topological polar surface area (TPSA) is 55.1 Å². The van der Waals surface area contributed by atoms with Gasteiger partial charge >= 0.3 is 0 Å². The van der Waals surface area contributed by atoms with Crippen LogP contribution in [0.15, 0.2) is 30.3 Å². The number of hydrogen-bond acceptors (Lipinski definition) is 2. The highest BCUT2D eigenvalue weighted by atomic mass is 16.1. The van der Waals surface area contributed by atoms with E-state index in [-0.39, 0.29) is 11.9 Å². The third-order valence-electron chi connectivity index (χ3n) is 2.45. The van der Waals surface area contributed by atoms with Gasteiger partial charge in [0, 0.05) is 6.54 Å². The molecule has 0 spiro atoms. The molecule has 1 aromatic carbocycles. The molecule has 1 rings (SSSR count). The van der Waals surface area contributed by atoms with Gasteiger partial charge in [-0.3, -0.25) is 4.79 Å². The highest BCUT2D eigenvalue weighted by molar-refractivity contribution is 5.79. The molecule has 0 aromatic heterocycles. The van der Waals surface area contributed by atoms with Crippen LogP contribution < -0.4 is 11.1 Å². The van der Waals surface area contributed by atoms with Gasteiger partial charge in [0.05, 0.1) is 6.04 Å². The predicted octanol–water partition coefficient (Wildman–Crippen LogP) is 1.68. The molecular formula is C13H20N2O. The fourth-order valence-electron chi connectivity index (χ4n) is 1.61. The van der Waals surface area contributed by atoms with E-state index in [1.807, 2.05) is 30.3 Å². The minimum absolute atomic E-state index is 0.236. The molecule has 3 N–H and O–H groups in total. The first-order chi connectivity index (χ1) is 7.59. The number of primary amides is 1. The van der Waals surface area contributed by atoms with Crippen molar-refractivity contribution in [3.63, 3.8) is 0 Å². The van der Waals surface area contributed by atoms with E-state index in [1.165, 1.54) is 0 Å². The molecule has 16 heavy (non-hydrogen) atoms. The average molecular weight is 220 g/mol. The molecule has 0 aliphatic rings. The summed E-state index contributed by atoms with van der Waals surface area (Å²) in [5.74, 6) is 0.186. The molecule has 0 bridgehead atoms. The maximum Gasteiger partial charge on any atom is 0.234 e. The Morgan fingerprint density at radius 1 is 1.31 bits per heavy atom. The lowest BCUT2D eigenvalue weighted by molar-refractivity contribution is -0.120. The Morgan fingerprint density at radius 3 is 2.44 bits per heavy atom. The van der Waals surface area contributed by atoms with Crippen molar-refractivity contribution in [2.75, 3.05) is 0 Å². The van der Waals surface area contributed by atoms with Gasteiger partial charge in [-0.25, -0.2) is 0 Å². The zero-order valence-electron chi connectivity index (χ0n) is 9.94. The van der Waals surface area contributed by atoms with Crippen LogP contribution in [0.5, 0.6) is 0 Å². The SMILES string of the molecule is CC(C)CC(NCc1ccccc1)C(N)=O. The van der Waals surface area contributed by atoms with E-state index in [1.54, 1.807) is 0 Å². The van der Waals surface area contributed by atoms with Crippen molar-refractivity contribution < 1.29 is 4.79 Å². The standard InChI is InChI=1S/C13H20N2O/c1-10(2)8-12(13(14)16)15-9-11-6-4-3-5-7-11/h3-7,10,12,15H,8-9H2,1-2H3,(H2,14,16). The number of carbonyl (C=O) groups is 1. The van der Waals surface area contributed by atoms with Gasteiger partial charge < -0.3 is 11.1 Å². The minimum Gasteiger partial charge on any atom is -0.368 e. The van der Waals surface area contributed by atoms with Gasteiger partial charge in [-0.1, -0.05) is 44.2 Å². The largest absolute Gasteiger partial charge is 0.368 e. The van der Waals surface area contributed by atoms with Crippen molar-refractivity contribution in [2.24, 2.45) is 11.7 Å². The van der Waals surface area contributed by atoms with Gasteiger partial charge in [0.2, 0.25) is 5.91 Å². The van der Waals surface area contributed by atoms with Crippen LogP contribution in [0.4, 0.5) is 0 Å². The normalized spacial score (nSPS) is 12.7. The summed E-state index contributed by atoms with van der Waals surface area (Å²) in [4.78, 5) is 11.2. The third kappa shape index (κ3) is 4.45. The van der Waals surface area contributed by atoms with Crippen LogP contribution >= 0.6 is 0 Å². The van der Waals surface area contributed by atoms with Crippen LogP contribution in [-0.2, 0) is 11.3 Å². The lowest BCUT2D eigenvalue weighted by Gasteiger charge is -2.17. The first kappa shape index (κ1) is 12.7. The smallest absolute Gasteiger partial charge is 0.234 e. The van der Waals surface area contributed by atoms with Crippen molar-refractivity contribution in [1.29, 1.82) is 0 Å². The third-order valence-corrected chi connectivity index (χ3v) is 2.45. The molecule has 0 fully saturated rings. The quantitative estimate of drug-likeness (QED) is 0.766. The van der Waals surface area contributed by atoms with Crippen LogP contribution in [0.1, 0.15) is 25.8 Å². The molecule has 1 aromatic rings. The fourth-order valence-corrected chi connectivity index (χ4v) is 1.61. The summed E-state index contributed by atoms with van der Waals surface area (Å²) in [6, 6.07) is 9.77. The summed E-state index contributed by atoms with van der Waals surface area (Å²) in [5.41, 5.74) is 6.51. The Kier molecular flexibility index (Phi) is 4.99. The lowest BCUT2D eigenvalue weighted by Crippen LogP contribution is -2.41. The summed E-state index contributed by atoms with van der Waals surface area (Å²) < 4.78 is 0. The molecule has 1 unspecified atom stereocenters. The number of rotatable bonds is 6. The number of nitrogens with one attached hydrogen (secondary N) is 1. The summed E-state index contributed by atoms with van der Waals surface area (Å²) in [6.45, 7) is 4.85. The van der Waals surface area contributed by atoms with Crippen LogP contribution in [0, 0.1) is 5.92 Å². The number of carbonyl (C=O) groups excluding carboxylic acids is 1. The molecule has 0 aliphatic carbocycles. The molecule has 1 atom stereocenters.